The topological polar surface area (TPSA) is 68.0 Å². The molecule has 92 valence electrons. The number of nitrogens with one attached hydrogen (secondary N) is 1. The molecule has 1 heterocycles. The van der Waals surface area contributed by atoms with Crippen LogP contribution in [0.3, 0.4) is 0 Å². The van der Waals surface area contributed by atoms with Crippen LogP contribution in [0.5, 0.6) is 0 Å². The predicted octanol–water partition coefficient (Wildman–Crippen LogP) is 1.89. The van der Waals surface area contributed by atoms with Crippen molar-refractivity contribution in [3.63, 3.8) is 0 Å². The predicted molar refractivity (Wildman–Crippen MR) is 67.7 cm³/mol. The molecule has 1 aromatic heterocycles. The van der Waals surface area contributed by atoms with Gasteiger partial charge < -0.3 is 11.1 Å². The summed E-state index contributed by atoms with van der Waals surface area (Å²) in [6, 6.07) is 1.99. The lowest BCUT2D eigenvalue weighted by molar-refractivity contribution is 0.0936. The highest BCUT2D eigenvalue weighted by Crippen LogP contribution is 2.25. The Morgan fingerprint density at radius 1 is 1.53 bits per heavy atom. The summed E-state index contributed by atoms with van der Waals surface area (Å²) in [4.78, 5) is 16.2. The molecule has 4 heteroatoms. The highest BCUT2D eigenvalue weighted by Gasteiger charge is 2.23. The van der Waals surface area contributed by atoms with Crippen molar-refractivity contribution in [1.82, 2.24) is 10.3 Å². The minimum absolute atomic E-state index is 0.0543. The van der Waals surface area contributed by atoms with Crippen molar-refractivity contribution < 1.29 is 4.79 Å². The van der Waals surface area contributed by atoms with E-state index in [4.69, 9.17) is 5.73 Å². The van der Waals surface area contributed by atoms with Crippen LogP contribution in [0.25, 0.3) is 0 Å². The third kappa shape index (κ3) is 2.75. The second kappa shape index (κ2) is 4.73. The molecule has 1 aliphatic rings. The van der Waals surface area contributed by atoms with E-state index < -0.39 is 0 Å². The van der Waals surface area contributed by atoms with Gasteiger partial charge >= 0.3 is 0 Å². The van der Waals surface area contributed by atoms with E-state index in [1.165, 1.54) is 6.42 Å². The summed E-state index contributed by atoms with van der Waals surface area (Å²) in [6.45, 7) is 4.05. The van der Waals surface area contributed by atoms with E-state index in [-0.39, 0.29) is 5.91 Å². The van der Waals surface area contributed by atoms with Crippen LogP contribution in [-0.2, 0) is 0 Å². The molecule has 2 unspecified atom stereocenters. The number of hydrogen-bond acceptors (Lipinski definition) is 3. The van der Waals surface area contributed by atoms with Crippen LogP contribution < -0.4 is 11.1 Å². The third-order valence-corrected chi connectivity index (χ3v) is 3.38. The maximum Gasteiger partial charge on any atom is 0.253 e. The quantitative estimate of drug-likeness (QED) is 0.819. The highest BCUT2D eigenvalue weighted by atomic mass is 16.1. The third-order valence-electron chi connectivity index (χ3n) is 3.38. The van der Waals surface area contributed by atoms with Gasteiger partial charge in [0.2, 0.25) is 0 Å². The number of anilines is 1. The lowest BCUT2D eigenvalue weighted by Crippen LogP contribution is -2.33. The van der Waals surface area contributed by atoms with E-state index in [2.05, 4.69) is 17.2 Å². The van der Waals surface area contributed by atoms with E-state index in [0.29, 0.717) is 23.2 Å². The maximum absolute atomic E-state index is 12.1. The number of nitrogens with zero attached hydrogens (tertiary/aromatic N) is 1. The first-order chi connectivity index (χ1) is 8.06. The zero-order chi connectivity index (χ0) is 12.4. The number of aryl methyl sites for hydroxylation is 1. The number of rotatable bonds is 2. The largest absolute Gasteiger partial charge is 0.397 e. The van der Waals surface area contributed by atoms with Crippen molar-refractivity contribution >= 4 is 11.6 Å². The molecule has 1 amide bonds. The summed E-state index contributed by atoms with van der Waals surface area (Å²) >= 11 is 0. The summed E-state index contributed by atoms with van der Waals surface area (Å²) in [7, 11) is 0. The van der Waals surface area contributed by atoms with Gasteiger partial charge in [-0.15, -0.1) is 0 Å². The fraction of sp³-hybridized carbons (Fsp3) is 0.538. The molecule has 0 radical (unpaired) electrons. The average molecular weight is 233 g/mol. The van der Waals surface area contributed by atoms with Crippen LogP contribution in [0.1, 0.15) is 42.2 Å². The van der Waals surface area contributed by atoms with Gasteiger partial charge in [-0.1, -0.05) is 6.92 Å². The Kier molecular flexibility index (Phi) is 3.31. The molecule has 0 bridgehead atoms. The summed E-state index contributed by atoms with van der Waals surface area (Å²) in [5.74, 6) is 0.654. The number of nitrogens with two attached hydrogens (primary N) is 1. The number of amides is 1. The molecule has 0 spiro atoms. The fourth-order valence-electron chi connectivity index (χ4n) is 2.38. The van der Waals surface area contributed by atoms with Gasteiger partial charge in [-0.3, -0.25) is 9.78 Å². The lowest BCUT2D eigenvalue weighted by Gasteiger charge is -2.13. The number of pyridine rings is 1. The van der Waals surface area contributed by atoms with Crippen molar-refractivity contribution in [2.24, 2.45) is 5.92 Å². The number of aromatic nitrogens is 1. The van der Waals surface area contributed by atoms with Gasteiger partial charge in [0.1, 0.15) is 0 Å². The van der Waals surface area contributed by atoms with Gasteiger partial charge in [-0.25, -0.2) is 0 Å². The molecule has 4 nitrogen and oxygen atoms in total. The van der Waals surface area contributed by atoms with E-state index in [9.17, 15) is 4.79 Å². The lowest BCUT2D eigenvalue weighted by atomic mass is 10.1. The van der Waals surface area contributed by atoms with Crippen molar-refractivity contribution in [2.75, 3.05) is 5.73 Å². The first-order valence-corrected chi connectivity index (χ1v) is 6.09. The second-order valence-corrected chi connectivity index (χ2v) is 4.99. The summed E-state index contributed by atoms with van der Waals surface area (Å²) in [6.07, 6.45) is 4.91. The molecule has 0 saturated heterocycles. The number of hydrogen-bond donors (Lipinski definition) is 2. The Labute approximate surface area is 102 Å². The zero-order valence-electron chi connectivity index (χ0n) is 10.4. The molecule has 17 heavy (non-hydrogen) atoms. The second-order valence-electron chi connectivity index (χ2n) is 4.99. The average Bonchev–Trinajstić information content (AvgIpc) is 2.67. The smallest absolute Gasteiger partial charge is 0.253 e. The standard InChI is InChI=1S/C13H19N3O/c1-8-3-4-11(5-8)16-13(17)12-6-10(14)7-15-9(12)2/h6-8,11H,3-5,14H2,1-2H3,(H,16,17). The molecule has 2 rings (SSSR count). The first kappa shape index (κ1) is 11.9. The molecule has 0 aromatic carbocycles. The minimum atomic E-state index is -0.0543. The van der Waals surface area contributed by atoms with Gasteiger partial charge in [-0.05, 0) is 38.2 Å². The van der Waals surface area contributed by atoms with E-state index in [1.807, 2.05) is 6.92 Å². The van der Waals surface area contributed by atoms with Crippen molar-refractivity contribution in [2.45, 2.75) is 39.2 Å². The van der Waals surface area contributed by atoms with Crippen molar-refractivity contribution in [3.05, 3.63) is 23.5 Å². The van der Waals surface area contributed by atoms with Crippen molar-refractivity contribution in [3.8, 4) is 0 Å². The molecular formula is C13H19N3O. The summed E-state index contributed by atoms with van der Waals surface area (Å²) < 4.78 is 0. The Morgan fingerprint density at radius 2 is 2.29 bits per heavy atom. The van der Waals surface area contributed by atoms with Crippen LogP contribution in [0, 0.1) is 12.8 Å². The van der Waals surface area contributed by atoms with Crippen LogP contribution >= 0.6 is 0 Å². The first-order valence-electron chi connectivity index (χ1n) is 6.09. The molecule has 2 atom stereocenters. The fourth-order valence-corrected chi connectivity index (χ4v) is 2.38. The number of carbonyl (C=O) groups excluding carboxylic acids is 1. The van der Waals surface area contributed by atoms with Gasteiger partial charge in [0.25, 0.3) is 5.91 Å². The van der Waals surface area contributed by atoms with Crippen molar-refractivity contribution in [1.29, 1.82) is 0 Å². The molecule has 3 N–H and O–H groups in total. The Bertz CT molecular complexity index is 431. The highest BCUT2D eigenvalue weighted by molar-refractivity contribution is 5.96. The monoisotopic (exact) mass is 233 g/mol. The van der Waals surface area contributed by atoms with Crippen LogP contribution in [0.15, 0.2) is 12.3 Å². The molecule has 1 fully saturated rings. The summed E-state index contributed by atoms with van der Waals surface area (Å²) in [5, 5.41) is 3.06. The van der Waals surface area contributed by atoms with E-state index >= 15 is 0 Å². The molecule has 1 aliphatic carbocycles. The Morgan fingerprint density at radius 3 is 2.94 bits per heavy atom. The molecular weight excluding hydrogens is 214 g/mol. The van der Waals surface area contributed by atoms with Gasteiger partial charge in [0, 0.05) is 6.04 Å². The number of nitrogen functional groups attached to an aromatic ring is 1. The van der Waals surface area contributed by atoms with E-state index in [0.717, 1.165) is 18.5 Å². The molecule has 0 aliphatic heterocycles. The molecule has 1 aromatic rings. The van der Waals surface area contributed by atoms with Crippen LogP contribution in [0.2, 0.25) is 0 Å². The number of carbonyl (C=O) groups is 1. The minimum Gasteiger partial charge on any atom is -0.397 e. The summed E-state index contributed by atoms with van der Waals surface area (Å²) in [5.41, 5.74) is 7.49. The van der Waals surface area contributed by atoms with Gasteiger partial charge in [0.05, 0.1) is 23.1 Å². The van der Waals surface area contributed by atoms with Gasteiger partial charge in [0.15, 0.2) is 0 Å². The van der Waals surface area contributed by atoms with Crippen LogP contribution in [-0.4, -0.2) is 16.9 Å². The molecule has 1 saturated carbocycles. The Balaban J connectivity index is 2.06. The zero-order valence-corrected chi connectivity index (χ0v) is 10.4. The maximum atomic E-state index is 12.1. The normalized spacial score (nSPS) is 23.6. The van der Waals surface area contributed by atoms with E-state index in [1.54, 1.807) is 12.3 Å². The van der Waals surface area contributed by atoms with Crippen LogP contribution in [0.4, 0.5) is 5.69 Å². The SMILES string of the molecule is Cc1ncc(N)cc1C(=O)NC1CCC(C)C1. The van der Waals surface area contributed by atoms with Gasteiger partial charge in [-0.2, -0.15) is 0 Å². The Hall–Kier alpha value is -1.58.